The molecule has 0 N–H and O–H groups in total. The van der Waals surface area contributed by atoms with Crippen molar-refractivity contribution in [3.05, 3.63) is 30.5 Å². The number of ketones is 1. The number of carbonyl (C=O) groups is 1. The minimum atomic E-state index is -0.0523. The molecular weight excluding hydrogens is 190 g/mol. The Morgan fingerprint density at radius 2 is 2.27 bits per heavy atom. The molecule has 0 aliphatic carbocycles. The molecule has 0 fully saturated rings. The smallest absolute Gasteiger partial charge is 0.196 e. The lowest BCUT2D eigenvalue weighted by atomic mass is 10.3. The van der Waals surface area contributed by atoms with E-state index in [0.29, 0.717) is 18.3 Å². The number of hydrogen-bond donors (Lipinski definition) is 0. The summed E-state index contributed by atoms with van der Waals surface area (Å²) in [5, 5.41) is 0. The van der Waals surface area contributed by atoms with Crippen molar-refractivity contribution in [1.82, 2.24) is 0 Å². The van der Waals surface area contributed by atoms with Crippen LogP contribution in [-0.4, -0.2) is 18.4 Å². The van der Waals surface area contributed by atoms with Gasteiger partial charge >= 0.3 is 0 Å². The molecule has 1 aromatic rings. The summed E-state index contributed by atoms with van der Waals surface area (Å²) in [4.78, 5) is 13.1. The van der Waals surface area contributed by atoms with Gasteiger partial charge in [0.1, 0.15) is 0 Å². The SMILES string of the molecule is C=CCN(c1ccc(C(C)=O)o1)C(C)C. The van der Waals surface area contributed by atoms with Gasteiger partial charge in [-0.3, -0.25) is 4.79 Å². The van der Waals surface area contributed by atoms with E-state index in [4.69, 9.17) is 4.42 Å². The Hall–Kier alpha value is -1.51. The molecule has 3 heteroatoms. The van der Waals surface area contributed by atoms with E-state index >= 15 is 0 Å². The molecule has 15 heavy (non-hydrogen) atoms. The van der Waals surface area contributed by atoms with Gasteiger partial charge in [0.05, 0.1) is 0 Å². The number of furan rings is 1. The molecule has 1 heterocycles. The second-order valence-electron chi connectivity index (χ2n) is 3.73. The molecule has 0 aliphatic heterocycles. The predicted molar refractivity (Wildman–Crippen MR) is 61.4 cm³/mol. The van der Waals surface area contributed by atoms with Crippen molar-refractivity contribution in [3.63, 3.8) is 0 Å². The lowest BCUT2D eigenvalue weighted by Gasteiger charge is -2.24. The van der Waals surface area contributed by atoms with E-state index in [0.717, 1.165) is 5.88 Å². The van der Waals surface area contributed by atoms with Crippen molar-refractivity contribution < 1.29 is 9.21 Å². The average Bonchev–Trinajstić information content (AvgIpc) is 2.62. The van der Waals surface area contributed by atoms with Crippen molar-refractivity contribution in [2.45, 2.75) is 26.8 Å². The predicted octanol–water partition coefficient (Wildman–Crippen LogP) is 2.88. The Kier molecular flexibility index (Phi) is 3.72. The third-order valence-electron chi connectivity index (χ3n) is 2.17. The van der Waals surface area contributed by atoms with Crippen molar-refractivity contribution in [2.75, 3.05) is 11.4 Å². The molecule has 0 unspecified atom stereocenters. The molecule has 0 bridgehead atoms. The van der Waals surface area contributed by atoms with Crippen LogP contribution in [0.4, 0.5) is 5.88 Å². The highest BCUT2D eigenvalue weighted by molar-refractivity contribution is 5.91. The van der Waals surface area contributed by atoms with Gasteiger partial charge in [0.15, 0.2) is 17.4 Å². The van der Waals surface area contributed by atoms with E-state index in [2.05, 4.69) is 20.4 Å². The summed E-state index contributed by atoms with van der Waals surface area (Å²) in [6.07, 6.45) is 1.82. The molecule has 1 rings (SSSR count). The molecule has 82 valence electrons. The van der Waals surface area contributed by atoms with Crippen molar-refractivity contribution in [2.24, 2.45) is 0 Å². The molecular formula is C12H17NO2. The number of rotatable bonds is 5. The molecule has 0 saturated heterocycles. The minimum Gasteiger partial charge on any atom is -0.437 e. The van der Waals surface area contributed by atoms with Crippen LogP contribution in [0, 0.1) is 0 Å². The van der Waals surface area contributed by atoms with Gasteiger partial charge < -0.3 is 9.32 Å². The Morgan fingerprint density at radius 3 is 2.67 bits per heavy atom. The van der Waals surface area contributed by atoms with E-state index in [9.17, 15) is 4.79 Å². The van der Waals surface area contributed by atoms with Crippen LogP contribution in [0.3, 0.4) is 0 Å². The maximum atomic E-state index is 11.1. The molecule has 0 aromatic carbocycles. The molecule has 0 aliphatic rings. The summed E-state index contributed by atoms with van der Waals surface area (Å²) in [6.45, 7) is 10.0. The van der Waals surface area contributed by atoms with Crippen LogP contribution in [0.2, 0.25) is 0 Å². The summed E-state index contributed by atoms with van der Waals surface area (Å²) in [6, 6.07) is 3.84. The average molecular weight is 207 g/mol. The lowest BCUT2D eigenvalue weighted by Crippen LogP contribution is -2.30. The number of anilines is 1. The fraction of sp³-hybridized carbons (Fsp3) is 0.417. The molecule has 3 nitrogen and oxygen atoms in total. The van der Waals surface area contributed by atoms with E-state index in [1.165, 1.54) is 6.92 Å². The monoisotopic (exact) mass is 207 g/mol. The molecule has 0 amide bonds. The maximum Gasteiger partial charge on any atom is 0.196 e. The first-order valence-electron chi connectivity index (χ1n) is 5.04. The van der Waals surface area contributed by atoms with Crippen LogP contribution in [-0.2, 0) is 0 Å². The third-order valence-corrected chi connectivity index (χ3v) is 2.17. The van der Waals surface area contributed by atoms with Gasteiger partial charge in [0, 0.05) is 25.6 Å². The summed E-state index contributed by atoms with van der Waals surface area (Å²) in [5.41, 5.74) is 0. The highest BCUT2D eigenvalue weighted by Crippen LogP contribution is 2.20. The quantitative estimate of drug-likeness (QED) is 0.550. The highest BCUT2D eigenvalue weighted by Gasteiger charge is 2.14. The molecule has 1 aromatic heterocycles. The molecule has 0 radical (unpaired) electrons. The first-order chi connectivity index (χ1) is 7.06. The van der Waals surface area contributed by atoms with Gasteiger partial charge in [-0.25, -0.2) is 0 Å². The Morgan fingerprint density at radius 1 is 1.60 bits per heavy atom. The first kappa shape index (κ1) is 11.6. The van der Waals surface area contributed by atoms with Gasteiger partial charge in [-0.15, -0.1) is 6.58 Å². The largest absolute Gasteiger partial charge is 0.437 e. The summed E-state index contributed by atoms with van der Waals surface area (Å²) in [5.74, 6) is 1.07. The number of Topliss-reactive ketones (excluding diaryl/α,β-unsaturated/α-hetero) is 1. The van der Waals surface area contributed by atoms with Crippen molar-refractivity contribution >= 4 is 11.7 Å². The van der Waals surface area contributed by atoms with Crippen LogP contribution in [0.5, 0.6) is 0 Å². The van der Waals surface area contributed by atoms with Gasteiger partial charge in [-0.2, -0.15) is 0 Å². The number of nitrogens with zero attached hydrogens (tertiary/aromatic N) is 1. The summed E-state index contributed by atoms with van der Waals surface area (Å²) < 4.78 is 5.45. The van der Waals surface area contributed by atoms with Crippen molar-refractivity contribution in [3.8, 4) is 0 Å². The fourth-order valence-corrected chi connectivity index (χ4v) is 1.37. The van der Waals surface area contributed by atoms with E-state index in [-0.39, 0.29) is 5.78 Å². The van der Waals surface area contributed by atoms with Crippen LogP contribution < -0.4 is 4.90 Å². The van der Waals surface area contributed by atoms with Crippen LogP contribution in [0.15, 0.2) is 29.2 Å². The normalized spacial score (nSPS) is 10.4. The zero-order valence-corrected chi connectivity index (χ0v) is 9.49. The number of hydrogen-bond acceptors (Lipinski definition) is 3. The lowest BCUT2D eigenvalue weighted by molar-refractivity contribution is 0.0987. The van der Waals surface area contributed by atoms with Crippen molar-refractivity contribution in [1.29, 1.82) is 0 Å². The van der Waals surface area contributed by atoms with E-state index < -0.39 is 0 Å². The second kappa shape index (κ2) is 4.82. The van der Waals surface area contributed by atoms with Gasteiger partial charge in [0.2, 0.25) is 0 Å². The molecule has 0 saturated carbocycles. The Labute approximate surface area is 90.4 Å². The second-order valence-corrected chi connectivity index (χ2v) is 3.73. The highest BCUT2D eigenvalue weighted by atomic mass is 16.4. The standard InChI is InChI=1S/C12H17NO2/c1-5-8-13(9(2)3)12-7-6-11(15-12)10(4)14/h5-7,9H,1,8H2,2-4H3. The number of carbonyl (C=O) groups excluding carboxylic acids is 1. The van der Waals surface area contributed by atoms with Crippen LogP contribution in [0.25, 0.3) is 0 Å². The molecule has 0 atom stereocenters. The Balaban J connectivity index is 2.91. The summed E-state index contributed by atoms with van der Waals surface area (Å²) in [7, 11) is 0. The Bertz CT molecular complexity index is 352. The summed E-state index contributed by atoms with van der Waals surface area (Å²) >= 11 is 0. The van der Waals surface area contributed by atoms with Crippen LogP contribution >= 0.6 is 0 Å². The zero-order valence-electron chi connectivity index (χ0n) is 9.49. The van der Waals surface area contributed by atoms with Crippen LogP contribution in [0.1, 0.15) is 31.3 Å². The van der Waals surface area contributed by atoms with E-state index in [1.807, 2.05) is 17.0 Å². The van der Waals surface area contributed by atoms with Gasteiger partial charge in [0.25, 0.3) is 0 Å². The zero-order chi connectivity index (χ0) is 11.4. The van der Waals surface area contributed by atoms with Gasteiger partial charge in [-0.05, 0) is 19.9 Å². The van der Waals surface area contributed by atoms with Gasteiger partial charge in [-0.1, -0.05) is 6.08 Å². The molecule has 0 spiro atoms. The topological polar surface area (TPSA) is 33.5 Å². The minimum absolute atomic E-state index is 0.0523. The fourth-order valence-electron chi connectivity index (χ4n) is 1.37. The maximum absolute atomic E-state index is 11.1. The third kappa shape index (κ3) is 2.72. The first-order valence-corrected chi connectivity index (χ1v) is 5.04. The van der Waals surface area contributed by atoms with E-state index in [1.54, 1.807) is 6.07 Å².